The van der Waals surface area contributed by atoms with Crippen molar-refractivity contribution in [1.29, 1.82) is 0 Å². The highest BCUT2D eigenvalue weighted by molar-refractivity contribution is 5.89. The van der Waals surface area contributed by atoms with Crippen LogP contribution in [0.3, 0.4) is 0 Å². The highest BCUT2D eigenvalue weighted by atomic mass is 19.1. The molecule has 2 amide bonds. The molecular formula is C27H30FN3O3. The first-order chi connectivity index (χ1) is 16.3. The Labute approximate surface area is 198 Å². The number of aryl methyl sites for hydroxylation is 1. The fourth-order valence-corrected chi connectivity index (χ4v) is 6.69. The smallest absolute Gasteiger partial charge is 0.319 e. The van der Waals surface area contributed by atoms with Crippen molar-refractivity contribution in [2.24, 2.45) is 17.3 Å². The van der Waals surface area contributed by atoms with Crippen molar-refractivity contribution in [3.05, 3.63) is 65.2 Å². The minimum Gasteiger partial charge on any atom is -0.481 e. The van der Waals surface area contributed by atoms with E-state index < -0.39 is 5.97 Å². The van der Waals surface area contributed by atoms with Crippen LogP contribution >= 0.6 is 0 Å². The van der Waals surface area contributed by atoms with Crippen molar-refractivity contribution >= 4 is 23.3 Å². The first-order valence-electron chi connectivity index (χ1n) is 12.1. The van der Waals surface area contributed by atoms with Gasteiger partial charge in [-0.15, -0.1) is 0 Å². The highest BCUT2D eigenvalue weighted by Crippen LogP contribution is 2.63. The summed E-state index contributed by atoms with van der Waals surface area (Å²) in [5, 5.41) is 14.1. The Balaban J connectivity index is 1.30. The molecule has 0 spiro atoms. The van der Waals surface area contributed by atoms with Crippen molar-refractivity contribution in [2.75, 3.05) is 11.9 Å². The molecule has 6 nitrogen and oxygen atoms in total. The van der Waals surface area contributed by atoms with Crippen LogP contribution in [0.15, 0.2) is 42.7 Å². The topological polar surface area (TPSA) is 91.3 Å². The third kappa shape index (κ3) is 4.08. The minimum atomic E-state index is -0.940. The molecule has 3 aliphatic carbocycles. The van der Waals surface area contributed by atoms with Gasteiger partial charge in [0, 0.05) is 18.4 Å². The summed E-state index contributed by atoms with van der Waals surface area (Å²) in [5.74, 6) is 0.392. The Morgan fingerprint density at radius 1 is 1.24 bits per heavy atom. The molecule has 1 aromatic carbocycles. The molecule has 7 heteroatoms. The molecule has 3 aliphatic rings. The number of benzene rings is 1. The monoisotopic (exact) mass is 463 g/mol. The normalized spacial score (nSPS) is 27.1. The van der Waals surface area contributed by atoms with Gasteiger partial charge in [0.1, 0.15) is 5.82 Å². The number of hydrogen-bond acceptors (Lipinski definition) is 3. The van der Waals surface area contributed by atoms with Crippen molar-refractivity contribution in [3.63, 3.8) is 0 Å². The molecule has 0 unspecified atom stereocenters. The minimum absolute atomic E-state index is 0.0453. The van der Waals surface area contributed by atoms with Gasteiger partial charge in [0.15, 0.2) is 0 Å². The fraction of sp³-hybridized carbons (Fsp3) is 0.444. The lowest BCUT2D eigenvalue weighted by atomic mass is 9.54. The number of fused-ring (bicyclic) bond motifs is 5. The lowest BCUT2D eigenvalue weighted by Gasteiger charge is -2.50. The van der Waals surface area contributed by atoms with E-state index in [1.165, 1.54) is 22.9 Å². The van der Waals surface area contributed by atoms with E-state index in [1.807, 2.05) is 6.07 Å². The number of pyridine rings is 1. The van der Waals surface area contributed by atoms with E-state index in [9.17, 15) is 14.0 Å². The van der Waals surface area contributed by atoms with E-state index in [0.717, 1.165) is 43.4 Å². The number of rotatable bonds is 5. The Morgan fingerprint density at radius 3 is 2.88 bits per heavy atom. The summed E-state index contributed by atoms with van der Waals surface area (Å²) < 4.78 is 13.9. The molecule has 1 heterocycles. The molecule has 2 aromatic rings. The maximum Gasteiger partial charge on any atom is 0.319 e. The van der Waals surface area contributed by atoms with E-state index in [-0.39, 0.29) is 30.2 Å². The van der Waals surface area contributed by atoms with Crippen LogP contribution in [0.1, 0.15) is 61.6 Å². The highest BCUT2D eigenvalue weighted by Gasteiger charge is 2.51. The number of hydrogen-bond donors (Lipinski definition) is 3. The predicted octanol–water partition coefficient (Wildman–Crippen LogP) is 5.37. The molecule has 0 aliphatic heterocycles. The largest absolute Gasteiger partial charge is 0.481 e. The molecule has 34 heavy (non-hydrogen) atoms. The lowest BCUT2D eigenvalue weighted by Crippen LogP contribution is -2.41. The number of carbonyl (C=O) groups excluding carboxylic acids is 1. The number of nitrogens with zero attached hydrogens (tertiary/aromatic N) is 1. The average molecular weight is 464 g/mol. The second-order valence-corrected chi connectivity index (χ2v) is 10.1. The molecule has 1 aromatic heterocycles. The quantitative estimate of drug-likeness (QED) is 0.556. The van der Waals surface area contributed by atoms with Gasteiger partial charge < -0.3 is 15.7 Å². The fourth-order valence-electron chi connectivity index (χ4n) is 6.69. The Kier molecular flexibility index (Phi) is 5.88. The second kappa shape index (κ2) is 8.85. The van der Waals surface area contributed by atoms with Crippen LogP contribution in [-0.2, 0) is 11.2 Å². The Bertz CT molecular complexity index is 1160. The molecule has 0 saturated heterocycles. The second-order valence-electron chi connectivity index (χ2n) is 10.1. The van der Waals surface area contributed by atoms with Crippen molar-refractivity contribution in [2.45, 2.75) is 51.4 Å². The van der Waals surface area contributed by atoms with E-state index >= 15 is 0 Å². The number of urea groups is 1. The van der Waals surface area contributed by atoms with Gasteiger partial charge in [-0.2, -0.15) is 0 Å². The number of amides is 2. The van der Waals surface area contributed by atoms with Gasteiger partial charge in [-0.1, -0.05) is 19.1 Å². The Morgan fingerprint density at radius 2 is 2.09 bits per heavy atom. The SMILES string of the molecule is C[C@]12CC[C@@H]3c4ccc(NC(=O)NCCC(=O)O)cc4CC[C@H]3[C@@H]1CC=C2c1cncc(F)c1. The van der Waals surface area contributed by atoms with Gasteiger partial charge in [-0.3, -0.25) is 9.78 Å². The number of aromatic nitrogens is 1. The zero-order chi connectivity index (χ0) is 23.9. The van der Waals surface area contributed by atoms with Gasteiger partial charge in [0.2, 0.25) is 0 Å². The van der Waals surface area contributed by atoms with Crippen LogP contribution in [-0.4, -0.2) is 28.6 Å². The molecule has 0 bridgehead atoms. The van der Waals surface area contributed by atoms with E-state index in [4.69, 9.17) is 5.11 Å². The summed E-state index contributed by atoms with van der Waals surface area (Å²) >= 11 is 0. The molecule has 1 fully saturated rings. The summed E-state index contributed by atoms with van der Waals surface area (Å²) in [6, 6.07) is 7.39. The van der Waals surface area contributed by atoms with Crippen LogP contribution in [0.4, 0.5) is 14.9 Å². The van der Waals surface area contributed by atoms with Gasteiger partial charge in [0.05, 0.1) is 12.6 Å². The van der Waals surface area contributed by atoms with Crippen molar-refractivity contribution < 1.29 is 19.1 Å². The van der Waals surface area contributed by atoms with E-state index in [0.29, 0.717) is 17.8 Å². The predicted molar refractivity (Wildman–Crippen MR) is 128 cm³/mol. The summed E-state index contributed by atoms with van der Waals surface area (Å²) in [7, 11) is 0. The van der Waals surface area contributed by atoms with Crippen LogP contribution in [0.5, 0.6) is 0 Å². The summed E-state index contributed by atoms with van der Waals surface area (Å²) in [6.45, 7) is 2.45. The number of carboxylic acids is 1. The van der Waals surface area contributed by atoms with Gasteiger partial charge in [0.25, 0.3) is 0 Å². The van der Waals surface area contributed by atoms with Gasteiger partial charge in [-0.05, 0) is 95.7 Å². The number of carboxylic acid groups (broad SMARTS) is 1. The number of carbonyl (C=O) groups is 2. The van der Waals surface area contributed by atoms with Crippen LogP contribution in [0, 0.1) is 23.1 Å². The summed E-state index contributed by atoms with van der Waals surface area (Å²) in [6.07, 6.45) is 10.5. The van der Waals surface area contributed by atoms with Crippen molar-refractivity contribution in [1.82, 2.24) is 10.3 Å². The molecule has 178 valence electrons. The standard InChI is InChI=1S/C27H30FN3O3/c1-27-10-8-21-20-5-3-19(31-26(34)30-11-9-25(32)33)13-16(20)2-4-22(21)24(27)7-6-23(27)17-12-18(28)15-29-14-17/h3,5-6,12-15,21-22,24H,2,4,7-11H2,1H3,(H,32,33)(H2,30,31,34)/t21-,22-,24+,27-/m1/s1. The zero-order valence-corrected chi connectivity index (χ0v) is 19.3. The maximum absolute atomic E-state index is 13.9. The molecule has 3 N–H and O–H groups in total. The zero-order valence-electron chi connectivity index (χ0n) is 19.3. The first-order valence-corrected chi connectivity index (χ1v) is 12.1. The van der Waals surface area contributed by atoms with E-state index in [2.05, 4.69) is 40.8 Å². The van der Waals surface area contributed by atoms with Gasteiger partial charge >= 0.3 is 12.0 Å². The summed E-state index contributed by atoms with van der Waals surface area (Å²) in [5.41, 5.74) is 5.61. The first kappa shape index (κ1) is 22.6. The molecular weight excluding hydrogens is 433 g/mol. The molecule has 0 radical (unpaired) electrons. The lowest BCUT2D eigenvalue weighted by molar-refractivity contribution is -0.136. The van der Waals surface area contributed by atoms with Gasteiger partial charge in [-0.25, -0.2) is 9.18 Å². The van der Waals surface area contributed by atoms with Crippen LogP contribution < -0.4 is 10.6 Å². The third-order valence-corrected chi connectivity index (χ3v) is 8.21. The summed E-state index contributed by atoms with van der Waals surface area (Å²) in [4.78, 5) is 26.8. The number of halogens is 1. The van der Waals surface area contributed by atoms with E-state index in [1.54, 1.807) is 12.3 Å². The molecule has 5 rings (SSSR count). The number of nitrogens with one attached hydrogen (secondary N) is 2. The average Bonchev–Trinajstić information content (AvgIpc) is 3.15. The number of anilines is 1. The molecule has 1 saturated carbocycles. The van der Waals surface area contributed by atoms with Crippen LogP contribution in [0.2, 0.25) is 0 Å². The maximum atomic E-state index is 13.9. The molecule has 4 atom stereocenters. The van der Waals surface area contributed by atoms with Crippen LogP contribution in [0.25, 0.3) is 5.57 Å². The third-order valence-electron chi connectivity index (χ3n) is 8.21. The Hall–Kier alpha value is -3.22. The van der Waals surface area contributed by atoms with Crippen molar-refractivity contribution in [3.8, 4) is 0 Å². The number of aliphatic carboxylic acids is 1. The number of allylic oxidation sites excluding steroid dienone is 2.